The van der Waals surface area contributed by atoms with Gasteiger partial charge in [-0.2, -0.15) is 0 Å². The Labute approximate surface area is 70.7 Å². The summed E-state index contributed by atoms with van der Waals surface area (Å²) in [6, 6.07) is 6.15. The largest absolute Gasteiger partial charge is 0.504 e. The van der Waals surface area contributed by atoms with Crippen LogP contribution in [0.1, 0.15) is 0 Å². The van der Waals surface area contributed by atoms with Crippen LogP contribution in [-0.2, 0) is 0 Å². The first kappa shape index (κ1) is 11.1. The van der Waals surface area contributed by atoms with E-state index in [4.69, 9.17) is 20.0 Å². The van der Waals surface area contributed by atoms with Crippen LogP contribution in [0.2, 0.25) is 0 Å². The van der Waals surface area contributed by atoms with Crippen LogP contribution >= 0.6 is 8.53 Å². The van der Waals surface area contributed by atoms with Gasteiger partial charge in [0, 0.05) is 0 Å². The SMILES string of the molecule is NP(O)O.Oc1ccccc1O. The molecule has 6 N–H and O–H groups in total. The van der Waals surface area contributed by atoms with Gasteiger partial charge >= 0.3 is 0 Å². The van der Waals surface area contributed by atoms with Gasteiger partial charge in [0.05, 0.1) is 0 Å². The van der Waals surface area contributed by atoms with Crippen LogP contribution < -0.4 is 5.50 Å². The number of para-hydroxylation sites is 2. The molecule has 0 amide bonds. The Morgan fingerprint density at radius 3 is 1.42 bits per heavy atom. The van der Waals surface area contributed by atoms with Crippen molar-refractivity contribution in [2.45, 2.75) is 0 Å². The number of hydrogen-bond acceptors (Lipinski definition) is 5. The van der Waals surface area contributed by atoms with Gasteiger partial charge in [-0.15, -0.1) is 0 Å². The van der Waals surface area contributed by atoms with Crippen LogP contribution in [0, 0.1) is 0 Å². The molecule has 0 heterocycles. The van der Waals surface area contributed by atoms with E-state index in [1.54, 1.807) is 12.1 Å². The standard InChI is InChI=1S/C6H6O2.H4NO2P/c7-5-3-1-2-4-6(5)8;1-4(2)3/h1-4,7-8H;2-3H,1H2. The molecule has 0 unspecified atom stereocenters. The molecule has 0 aliphatic carbocycles. The summed E-state index contributed by atoms with van der Waals surface area (Å²) in [5.41, 5.74) is 4.29. The van der Waals surface area contributed by atoms with Gasteiger partial charge in [0.25, 0.3) is 0 Å². The molecule has 0 saturated carbocycles. The van der Waals surface area contributed by atoms with Crippen molar-refractivity contribution in [1.29, 1.82) is 0 Å². The zero-order valence-corrected chi connectivity index (χ0v) is 7.02. The van der Waals surface area contributed by atoms with Crippen LogP contribution in [0.15, 0.2) is 24.3 Å². The fourth-order valence-electron chi connectivity index (χ4n) is 0.464. The van der Waals surface area contributed by atoms with Gasteiger partial charge in [-0.25, -0.2) is 0 Å². The number of benzene rings is 1. The van der Waals surface area contributed by atoms with E-state index >= 15 is 0 Å². The molecule has 0 spiro atoms. The molecule has 1 aromatic rings. The summed E-state index contributed by atoms with van der Waals surface area (Å²) >= 11 is 0. The molecule has 0 bridgehead atoms. The van der Waals surface area contributed by atoms with Gasteiger partial charge in [-0.05, 0) is 12.1 Å². The fraction of sp³-hybridized carbons (Fsp3) is 0. The van der Waals surface area contributed by atoms with E-state index in [0.717, 1.165) is 0 Å². The lowest BCUT2D eigenvalue weighted by molar-refractivity contribution is 0.404. The maximum atomic E-state index is 8.67. The van der Waals surface area contributed by atoms with Crippen molar-refractivity contribution >= 4 is 8.53 Å². The smallest absolute Gasteiger partial charge is 0.247 e. The van der Waals surface area contributed by atoms with Crippen LogP contribution in [0.5, 0.6) is 11.5 Å². The Bertz CT molecular complexity index is 207. The van der Waals surface area contributed by atoms with E-state index in [9.17, 15) is 0 Å². The maximum absolute atomic E-state index is 8.67. The summed E-state index contributed by atoms with van der Waals surface area (Å²) in [7, 11) is -2.12. The Morgan fingerprint density at radius 2 is 1.25 bits per heavy atom. The zero-order valence-electron chi connectivity index (χ0n) is 6.12. The average Bonchev–Trinajstić information content (AvgIpc) is 1.94. The van der Waals surface area contributed by atoms with Crippen LogP contribution in [0.3, 0.4) is 0 Å². The van der Waals surface area contributed by atoms with Crippen molar-refractivity contribution in [1.82, 2.24) is 0 Å². The Hall–Kier alpha value is -0.870. The minimum Gasteiger partial charge on any atom is -0.504 e. The second kappa shape index (κ2) is 5.74. The highest BCUT2D eigenvalue weighted by molar-refractivity contribution is 7.42. The first-order valence-corrected chi connectivity index (χ1v) is 4.25. The molecular weight excluding hydrogens is 181 g/mol. The van der Waals surface area contributed by atoms with Crippen LogP contribution in [-0.4, -0.2) is 20.0 Å². The molecule has 1 rings (SSSR count). The second-order valence-corrected chi connectivity index (χ2v) is 2.45. The van der Waals surface area contributed by atoms with Crippen molar-refractivity contribution < 1.29 is 20.0 Å². The topological polar surface area (TPSA) is 107 Å². The number of rotatable bonds is 0. The van der Waals surface area contributed by atoms with Crippen LogP contribution in [0.4, 0.5) is 0 Å². The third kappa shape index (κ3) is 5.88. The molecule has 6 heteroatoms. The summed E-state index contributed by atoms with van der Waals surface area (Å²) in [4.78, 5) is 14.9. The molecular formula is C6H10NO4P. The lowest BCUT2D eigenvalue weighted by Gasteiger charge is -1.91. The number of phenols is 2. The lowest BCUT2D eigenvalue weighted by atomic mass is 10.3. The highest BCUT2D eigenvalue weighted by Crippen LogP contribution is 2.21. The van der Waals surface area contributed by atoms with E-state index in [1.807, 2.05) is 0 Å². The van der Waals surface area contributed by atoms with E-state index in [2.05, 4.69) is 5.50 Å². The number of hydrogen-bond donors (Lipinski definition) is 5. The summed E-state index contributed by atoms with van der Waals surface area (Å²) in [5, 5.41) is 17.3. The molecule has 0 saturated heterocycles. The maximum Gasteiger partial charge on any atom is 0.247 e. The average molecular weight is 191 g/mol. The molecule has 0 fully saturated rings. The molecule has 0 radical (unpaired) electrons. The summed E-state index contributed by atoms with van der Waals surface area (Å²) in [5.74, 6) is -0.153. The molecule has 0 atom stereocenters. The minimum atomic E-state index is -2.12. The van der Waals surface area contributed by atoms with Crippen molar-refractivity contribution in [3.63, 3.8) is 0 Å². The monoisotopic (exact) mass is 191 g/mol. The number of phenolic OH excluding ortho intramolecular Hbond substituents is 2. The molecule has 0 aliphatic rings. The predicted molar refractivity (Wildman–Crippen MR) is 45.3 cm³/mol. The van der Waals surface area contributed by atoms with Crippen molar-refractivity contribution in [2.24, 2.45) is 5.50 Å². The van der Waals surface area contributed by atoms with Crippen molar-refractivity contribution in [3.05, 3.63) is 24.3 Å². The molecule has 1 aromatic carbocycles. The molecule has 5 nitrogen and oxygen atoms in total. The molecule has 68 valence electrons. The summed E-state index contributed by atoms with van der Waals surface area (Å²) in [6.45, 7) is 0. The van der Waals surface area contributed by atoms with E-state index in [-0.39, 0.29) is 11.5 Å². The number of nitrogens with two attached hydrogens (primary N) is 1. The molecule has 12 heavy (non-hydrogen) atoms. The van der Waals surface area contributed by atoms with Gasteiger partial charge in [0.2, 0.25) is 8.53 Å². The Morgan fingerprint density at radius 1 is 1.00 bits per heavy atom. The number of aromatic hydroxyl groups is 2. The summed E-state index contributed by atoms with van der Waals surface area (Å²) in [6.07, 6.45) is 0. The fourth-order valence-corrected chi connectivity index (χ4v) is 0.464. The highest BCUT2D eigenvalue weighted by atomic mass is 31.2. The second-order valence-electron chi connectivity index (χ2n) is 1.81. The molecule has 0 aliphatic heterocycles. The molecule has 0 aromatic heterocycles. The van der Waals surface area contributed by atoms with Crippen molar-refractivity contribution in [2.75, 3.05) is 0 Å². The first-order chi connectivity index (χ1) is 5.54. The van der Waals surface area contributed by atoms with Gasteiger partial charge in [-0.3, -0.25) is 5.50 Å². The van der Waals surface area contributed by atoms with E-state index in [1.165, 1.54) is 12.1 Å². The third-order valence-corrected chi connectivity index (χ3v) is 0.882. The first-order valence-electron chi connectivity index (χ1n) is 2.93. The van der Waals surface area contributed by atoms with Crippen molar-refractivity contribution in [3.8, 4) is 11.5 Å². The summed E-state index contributed by atoms with van der Waals surface area (Å²) < 4.78 is 0. The highest BCUT2D eigenvalue weighted by Gasteiger charge is 1.90. The van der Waals surface area contributed by atoms with Gasteiger partial charge in [0.1, 0.15) is 0 Å². The quantitative estimate of drug-likeness (QED) is 0.298. The third-order valence-electron chi connectivity index (χ3n) is 0.882. The van der Waals surface area contributed by atoms with Crippen LogP contribution in [0.25, 0.3) is 0 Å². The van der Waals surface area contributed by atoms with Gasteiger partial charge in [-0.1, -0.05) is 12.1 Å². The normalized spacial score (nSPS) is 9.00. The van der Waals surface area contributed by atoms with Gasteiger partial charge < -0.3 is 20.0 Å². The lowest BCUT2D eigenvalue weighted by Crippen LogP contribution is -1.78. The van der Waals surface area contributed by atoms with E-state index < -0.39 is 8.53 Å². The Balaban J connectivity index is 0.000000261. The van der Waals surface area contributed by atoms with E-state index in [0.29, 0.717) is 0 Å². The minimum absolute atomic E-state index is 0.0764. The van der Waals surface area contributed by atoms with Gasteiger partial charge in [0.15, 0.2) is 11.5 Å². The Kier molecular flexibility index (Phi) is 5.32. The zero-order chi connectivity index (χ0) is 9.56. The predicted octanol–water partition coefficient (Wildman–Crippen LogP) is 0.254.